The lowest BCUT2D eigenvalue weighted by Gasteiger charge is -2.28. The molecule has 0 saturated heterocycles. The van der Waals surface area contributed by atoms with E-state index in [2.05, 4.69) is 17.2 Å². The second-order valence-corrected chi connectivity index (χ2v) is 5.67. The quantitative estimate of drug-likeness (QED) is 0.627. The Morgan fingerprint density at radius 1 is 1.48 bits per heavy atom. The highest BCUT2D eigenvalue weighted by Gasteiger charge is 2.20. The van der Waals surface area contributed by atoms with Crippen molar-refractivity contribution >= 4 is 17.5 Å². The maximum Gasteiger partial charge on any atom is 0.271 e. The van der Waals surface area contributed by atoms with E-state index in [4.69, 9.17) is 11.1 Å². The first kappa shape index (κ1) is 15.4. The Morgan fingerprint density at radius 2 is 2.19 bits per heavy atom. The number of rotatable bonds is 5. The number of anilines is 1. The van der Waals surface area contributed by atoms with E-state index in [1.807, 2.05) is 0 Å². The first-order valence-corrected chi connectivity index (χ1v) is 7.60. The number of aromatic nitrogens is 1. The van der Waals surface area contributed by atoms with Crippen molar-refractivity contribution in [1.82, 2.24) is 4.98 Å². The number of pyridine rings is 1. The second-order valence-electron chi connectivity index (χ2n) is 5.67. The van der Waals surface area contributed by atoms with Crippen molar-refractivity contribution in [2.45, 2.75) is 45.1 Å². The zero-order chi connectivity index (χ0) is 15.2. The Morgan fingerprint density at radius 3 is 2.76 bits per heavy atom. The van der Waals surface area contributed by atoms with E-state index in [1.54, 1.807) is 12.3 Å². The van der Waals surface area contributed by atoms with Gasteiger partial charge < -0.3 is 21.4 Å². The number of H-pyrrole nitrogens is 1. The van der Waals surface area contributed by atoms with Crippen LogP contribution in [0, 0.1) is 11.3 Å². The van der Waals surface area contributed by atoms with E-state index < -0.39 is 0 Å². The van der Waals surface area contributed by atoms with Crippen molar-refractivity contribution in [3.05, 3.63) is 34.4 Å². The van der Waals surface area contributed by atoms with Crippen molar-refractivity contribution in [3.63, 3.8) is 0 Å². The van der Waals surface area contributed by atoms with Gasteiger partial charge in [-0.1, -0.05) is 13.3 Å². The summed E-state index contributed by atoms with van der Waals surface area (Å²) in [6.07, 6.45) is 10.0. The molecule has 0 aromatic carbocycles. The summed E-state index contributed by atoms with van der Waals surface area (Å²) in [5.41, 5.74) is 7.26. The molecule has 1 heterocycles. The van der Waals surface area contributed by atoms with Crippen LogP contribution in [0.25, 0.3) is 5.57 Å². The summed E-state index contributed by atoms with van der Waals surface area (Å²) in [5, 5.41) is 10.7. The maximum absolute atomic E-state index is 11.9. The molecule has 114 valence electrons. The zero-order valence-electron chi connectivity index (χ0n) is 12.5. The third-order valence-electron chi connectivity index (χ3n) is 4.36. The summed E-state index contributed by atoms with van der Waals surface area (Å²) < 4.78 is 0. The fraction of sp³-hybridized carbons (Fsp3) is 0.500. The minimum Gasteiger partial charge on any atom is -0.404 e. The first-order chi connectivity index (χ1) is 10.2. The van der Waals surface area contributed by atoms with E-state index in [0.29, 0.717) is 17.3 Å². The number of nitrogens with two attached hydrogens (primary N) is 1. The molecule has 1 aliphatic rings. The molecule has 5 heteroatoms. The molecule has 2 rings (SSSR count). The van der Waals surface area contributed by atoms with E-state index in [0.717, 1.165) is 24.3 Å². The van der Waals surface area contributed by atoms with Gasteiger partial charge in [0.15, 0.2) is 0 Å². The average molecular weight is 288 g/mol. The number of nitrogens with one attached hydrogen (secondary N) is 3. The molecule has 21 heavy (non-hydrogen) atoms. The molecule has 0 bridgehead atoms. The van der Waals surface area contributed by atoms with Crippen molar-refractivity contribution in [1.29, 1.82) is 5.41 Å². The fourth-order valence-electron chi connectivity index (χ4n) is 2.92. The summed E-state index contributed by atoms with van der Waals surface area (Å²) in [5.74, 6) is 0.831. The van der Waals surface area contributed by atoms with Gasteiger partial charge in [0.1, 0.15) is 5.69 Å². The topological polar surface area (TPSA) is 94.8 Å². The first-order valence-electron chi connectivity index (χ1n) is 7.60. The van der Waals surface area contributed by atoms with Gasteiger partial charge in [-0.3, -0.25) is 4.79 Å². The Kier molecular flexibility index (Phi) is 5.20. The Labute approximate surface area is 125 Å². The van der Waals surface area contributed by atoms with Gasteiger partial charge in [0.05, 0.1) is 0 Å². The third kappa shape index (κ3) is 3.74. The number of hydrogen-bond donors (Lipinski definition) is 4. The number of allylic oxidation sites excluding steroid dienone is 1. The molecule has 0 unspecified atom stereocenters. The largest absolute Gasteiger partial charge is 0.404 e. The van der Waals surface area contributed by atoms with Crippen LogP contribution >= 0.6 is 0 Å². The molecular formula is C16H24N4O. The highest BCUT2D eigenvalue weighted by atomic mass is 16.1. The normalized spacial score (nSPS) is 22.8. The molecular weight excluding hydrogens is 264 g/mol. The lowest BCUT2D eigenvalue weighted by atomic mass is 9.84. The van der Waals surface area contributed by atoms with E-state index in [9.17, 15) is 4.79 Å². The molecule has 0 radical (unpaired) electrons. The van der Waals surface area contributed by atoms with Gasteiger partial charge in [0.2, 0.25) is 0 Å². The molecule has 0 atom stereocenters. The van der Waals surface area contributed by atoms with Crippen LogP contribution in [0.1, 0.15) is 44.6 Å². The van der Waals surface area contributed by atoms with Crippen LogP contribution < -0.4 is 16.6 Å². The van der Waals surface area contributed by atoms with Gasteiger partial charge in [0.25, 0.3) is 5.56 Å². The molecule has 0 spiro atoms. The van der Waals surface area contributed by atoms with E-state index in [1.165, 1.54) is 31.7 Å². The van der Waals surface area contributed by atoms with Crippen LogP contribution in [0.3, 0.4) is 0 Å². The van der Waals surface area contributed by atoms with Gasteiger partial charge in [-0.25, -0.2) is 0 Å². The predicted octanol–water partition coefficient (Wildman–Crippen LogP) is 2.70. The van der Waals surface area contributed by atoms with Crippen LogP contribution in [-0.2, 0) is 0 Å². The van der Waals surface area contributed by atoms with Gasteiger partial charge in [-0.2, -0.15) is 0 Å². The molecule has 5 N–H and O–H groups in total. The van der Waals surface area contributed by atoms with Crippen LogP contribution in [0.4, 0.5) is 5.69 Å². The Hall–Kier alpha value is -2.04. The van der Waals surface area contributed by atoms with Gasteiger partial charge >= 0.3 is 0 Å². The van der Waals surface area contributed by atoms with Crippen LogP contribution in [-0.4, -0.2) is 17.2 Å². The molecule has 1 saturated carbocycles. The van der Waals surface area contributed by atoms with Crippen LogP contribution in [0.15, 0.2) is 23.3 Å². The SMILES string of the molecule is CCC1CCC(Nc2cc(/C(C=N)=C/N)c[nH]c2=O)CC1. The molecule has 1 fully saturated rings. The maximum atomic E-state index is 11.9. The summed E-state index contributed by atoms with van der Waals surface area (Å²) in [4.78, 5) is 14.6. The zero-order valence-corrected chi connectivity index (χ0v) is 12.5. The lowest BCUT2D eigenvalue weighted by Crippen LogP contribution is -2.28. The van der Waals surface area contributed by atoms with Gasteiger partial charge in [0, 0.05) is 35.8 Å². The minimum absolute atomic E-state index is 0.127. The standard InChI is InChI=1S/C16H24N4O/c1-2-11-3-5-14(6-4-11)20-15-7-12(10-19-16(15)21)13(8-17)9-18/h7-11,14,17,20H,2-6,18H2,1H3,(H,19,21)/b13-9+,17-8?. The van der Waals surface area contributed by atoms with Gasteiger partial charge in [-0.15, -0.1) is 0 Å². The Balaban J connectivity index is 2.11. The summed E-state index contributed by atoms with van der Waals surface area (Å²) in [6, 6.07) is 2.13. The molecule has 5 nitrogen and oxygen atoms in total. The number of hydrogen-bond acceptors (Lipinski definition) is 4. The average Bonchev–Trinajstić information content (AvgIpc) is 2.52. The summed E-state index contributed by atoms with van der Waals surface area (Å²) in [6.45, 7) is 2.24. The highest BCUT2D eigenvalue weighted by Crippen LogP contribution is 2.28. The molecule has 1 aliphatic carbocycles. The molecule has 1 aromatic rings. The Bertz CT molecular complexity index is 568. The molecule has 1 aromatic heterocycles. The van der Waals surface area contributed by atoms with Crippen LogP contribution in [0.2, 0.25) is 0 Å². The highest BCUT2D eigenvalue weighted by molar-refractivity contribution is 6.08. The van der Waals surface area contributed by atoms with Crippen LogP contribution in [0.5, 0.6) is 0 Å². The molecule has 0 aliphatic heterocycles. The van der Waals surface area contributed by atoms with E-state index >= 15 is 0 Å². The monoisotopic (exact) mass is 288 g/mol. The summed E-state index contributed by atoms with van der Waals surface area (Å²) in [7, 11) is 0. The number of aromatic amines is 1. The van der Waals surface area contributed by atoms with Crippen molar-refractivity contribution in [2.24, 2.45) is 11.7 Å². The predicted molar refractivity (Wildman–Crippen MR) is 87.7 cm³/mol. The smallest absolute Gasteiger partial charge is 0.271 e. The second kappa shape index (κ2) is 7.11. The van der Waals surface area contributed by atoms with Crippen molar-refractivity contribution in [2.75, 3.05) is 5.32 Å². The van der Waals surface area contributed by atoms with Crippen molar-refractivity contribution in [3.8, 4) is 0 Å². The van der Waals surface area contributed by atoms with E-state index in [-0.39, 0.29) is 5.56 Å². The minimum atomic E-state index is -0.127. The van der Waals surface area contributed by atoms with Gasteiger partial charge in [-0.05, 0) is 37.7 Å². The lowest BCUT2D eigenvalue weighted by molar-refractivity contribution is 0.330. The fourth-order valence-corrected chi connectivity index (χ4v) is 2.92. The third-order valence-corrected chi connectivity index (χ3v) is 4.36. The summed E-state index contributed by atoms with van der Waals surface area (Å²) >= 11 is 0. The van der Waals surface area contributed by atoms with Crippen molar-refractivity contribution < 1.29 is 0 Å². The molecule has 0 amide bonds.